The van der Waals surface area contributed by atoms with E-state index in [2.05, 4.69) is 20.8 Å². The molecule has 3 nitrogen and oxygen atoms in total. The Bertz CT molecular complexity index is 418. The molecule has 0 saturated carbocycles. The molecule has 1 unspecified atom stereocenters. The molecule has 0 aliphatic rings. The van der Waals surface area contributed by atoms with E-state index in [0.29, 0.717) is 17.4 Å². The van der Waals surface area contributed by atoms with E-state index in [4.69, 9.17) is 9.47 Å². The van der Waals surface area contributed by atoms with Gasteiger partial charge in [-0.25, -0.2) is 0 Å². The van der Waals surface area contributed by atoms with Crippen molar-refractivity contribution in [2.24, 2.45) is 5.92 Å². The van der Waals surface area contributed by atoms with Crippen molar-refractivity contribution in [3.8, 4) is 17.2 Å². The molecule has 1 N–H and O–H groups in total. The molecule has 1 atom stereocenters. The first-order valence-corrected chi connectivity index (χ1v) is 8.14. The van der Waals surface area contributed by atoms with E-state index in [1.54, 1.807) is 20.3 Å². The lowest BCUT2D eigenvalue weighted by Gasteiger charge is -2.21. The predicted molar refractivity (Wildman–Crippen MR) is 86.2 cm³/mol. The highest BCUT2D eigenvalue weighted by atomic mass is 32.2. The number of phenols is 1. The molecule has 0 fully saturated rings. The first-order chi connectivity index (χ1) is 9.53. The van der Waals surface area contributed by atoms with Crippen LogP contribution in [0.25, 0.3) is 0 Å². The van der Waals surface area contributed by atoms with Gasteiger partial charge in [-0.15, -0.1) is 0 Å². The van der Waals surface area contributed by atoms with Gasteiger partial charge in [-0.05, 0) is 30.6 Å². The molecule has 0 saturated heterocycles. The summed E-state index contributed by atoms with van der Waals surface area (Å²) in [4.78, 5) is 0. The minimum absolute atomic E-state index is 0.287. The van der Waals surface area contributed by atoms with Gasteiger partial charge in [-0.3, -0.25) is 0 Å². The number of hydrogen-bond acceptors (Lipinski definition) is 4. The van der Waals surface area contributed by atoms with Crippen LogP contribution in [0, 0.1) is 5.92 Å². The summed E-state index contributed by atoms with van der Waals surface area (Å²) >= 11 is 1.89. The minimum atomic E-state index is 0.287. The fourth-order valence-electron chi connectivity index (χ4n) is 2.11. The van der Waals surface area contributed by atoms with Gasteiger partial charge in [0.05, 0.1) is 14.2 Å². The third kappa shape index (κ3) is 4.51. The monoisotopic (exact) mass is 298 g/mol. The van der Waals surface area contributed by atoms with Gasteiger partial charge in [-0.1, -0.05) is 20.8 Å². The predicted octanol–water partition coefficient (Wildman–Crippen LogP) is 4.64. The zero-order chi connectivity index (χ0) is 15.1. The van der Waals surface area contributed by atoms with E-state index in [1.807, 2.05) is 17.8 Å². The Balaban J connectivity index is 3.10. The Morgan fingerprint density at radius 1 is 1.15 bits per heavy atom. The zero-order valence-corrected chi connectivity index (χ0v) is 13.9. The third-order valence-corrected chi connectivity index (χ3v) is 4.58. The summed E-state index contributed by atoms with van der Waals surface area (Å²) in [5, 5.41) is 10.6. The third-order valence-electron chi connectivity index (χ3n) is 3.09. The summed E-state index contributed by atoms with van der Waals surface area (Å²) in [5.74, 6) is 3.20. The molecular weight excluding hydrogens is 272 g/mol. The lowest BCUT2D eigenvalue weighted by Crippen LogP contribution is -2.02. The molecule has 0 radical (unpaired) electrons. The van der Waals surface area contributed by atoms with Gasteiger partial charge in [0.25, 0.3) is 0 Å². The largest absolute Gasteiger partial charge is 0.507 e. The maximum atomic E-state index is 10.3. The summed E-state index contributed by atoms with van der Waals surface area (Å²) in [5.41, 5.74) is 0.940. The maximum absolute atomic E-state index is 10.3. The normalized spacial score (nSPS) is 12.5. The number of thioether (sulfide) groups is 1. The second-order valence-electron chi connectivity index (χ2n) is 5.25. The van der Waals surface area contributed by atoms with Crippen LogP contribution >= 0.6 is 11.8 Å². The number of benzene rings is 1. The molecular formula is C16H26O3S. The number of ether oxygens (including phenoxy) is 2. The number of methoxy groups -OCH3 is 2. The van der Waals surface area contributed by atoms with Gasteiger partial charge in [-0.2, -0.15) is 11.8 Å². The summed E-state index contributed by atoms with van der Waals surface area (Å²) in [7, 11) is 3.20. The van der Waals surface area contributed by atoms with Crippen molar-refractivity contribution in [2.45, 2.75) is 38.9 Å². The van der Waals surface area contributed by atoms with Crippen LogP contribution in [0.2, 0.25) is 0 Å². The molecule has 0 amide bonds. The molecule has 1 aromatic carbocycles. The number of hydrogen-bond donors (Lipinski definition) is 1. The average Bonchev–Trinajstić information content (AvgIpc) is 2.42. The van der Waals surface area contributed by atoms with E-state index in [1.165, 1.54) is 0 Å². The summed E-state index contributed by atoms with van der Waals surface area (Å²) in [6.07, 6.45) is 2.17. The second kappa shape index (κ2) is 8.30. The molecule has 114 valence electrons. The SMILES string of the molecule is CCCSC(CC(C)C)c1cc(OC)c(OC)cc1O. The van der Waals surface area contributed by atoms with Crippen molar-refractivity contribution < 1.29 is 14.6 Å². The number of rotatable bonds is 8. The quantitative estimate of drug-likeness (QED) is 0.759. The molecule has 20 heavy (non-hydrogen) atoms. The van der Waals surface area contributed by atoms with Gasteiger partial charge < -0.3 is 14.6 Å². The fraction of sp³-hybridized carbons (Fsp3) is 0.625. The molecule has 1 aromatic rings. The molecule has 4 heteroatoms. The van der Waals surface area contributed by atoms with Crippen molar-refractivity contribution >= 4 is 11.8 Å². The Hall–Kier alpha value is -1.03. The maximum Gasteiger partial charge on any atom is 0.164 e. The molecule has 0 aromatic heterocycles. The van der Waals surface area contributed by atoms with Crippen LogP contribution in [0.15, 0.2) is 12.1 Å². The first-order valence-electron chi connectivity index (χ1n) is 7.09. The van der Waals surface area contributed by atoms with E-state index in [0.717, 1.165) is 24.2 Å². The van der Waals surface area contributed by atoms with Crippen LogP contribution in [-0.4, -0.2) is 25.1 Å². The highest BCUT2D eigenvalue weighted by molar-refractivity contribution is 7.99. The van der Waals surface area contributed by atoms with Crippen molar-refractivity contribution in [1.82, 2.24) is 0 Å². The lowest BCUT2D eigenvalue weighted by molar-refractivity contribution is 0.350. The van der Waals surface area contributed by atoms with E-state index < -0.39 is 0 Å². The minimum Gasteiger partial charge on any atom is -0.507 e. The zero-order valence-electron chi connectivity index (χ0n) is 13.1. The molecule has 1 rings (SSSR count). The van der Waals surface area contributed by atoms with Crippen LogP contribution in [0.5, 0.6) is 17.2 Å². The molecule has 0 bridgehead atoms. The van der Waals surface area contributed by atoms with Crippen molar-refractivity contribution in [3.05, 3.63) is 17.7 Å². The van der Waals surface area contributed by atoms with Crippen LogP contribution in [-0.2, 0) is 0 Å². The van der Waals surface area contributed by atoms with Gasteiger partial charge in [0.15, 0.2) is 11.5 Å². The highest BCUT2D eigenvalue weighted by Crippen LogP contribution is 2.44. The standard InChI is InChI=1S/C16H26O3S/c1-6-7-20-16(8-11(2)3)12-9-14(18-4)15(19-5)10-13(12)17/h9-11,16-17H,6-8H2,1-5H3. The van der Waals surface area contributed by atoms with Crippen LogP contribution in [0.4, 0.5) is 0 Å². The van der Waals surface area contributed by atoms with Gasteiger partial charge in [0.1, 0.15) is 5.75 Å². The van der Waals surface area contributed by atoms with E-state index >= 15 is 0 Å². The van der Waals surface area contributed by atoms with Gasteiger partial charge in [0.2, 0.25) is 0 Å². The topological polar surface area (TPSA) is 38.7 Å². The smallest absolute Gasteiger partial charge is 0.164 e. The highest BCUT2D eigenvalue weighted by Gasteiger charge is 2.20. The molecule has 0 aliphatic heterocycles. The fourth-order valence-corrected chi connectivity index (χ4v) is 3.52. The van der Waals surface area contributed by atoms with Gasteiger partial charge >= 0.3 is 0 Å². The summed E-state index contributed by atoms with van der Waals surface area (Å²) in [6, 6.07) is 3.55. The van der Waals surface area contributed by atoms with Crippen molar-refractivity contribution in [1.29, 1.82) is 0 Å². The van der Waals surface area contributed by atoms with Crippen LogP contribution in [0.3, 0.4) is 0 Å². The number of aromatic hydroxyl groups is 1. The molecule has 0 aliphatic carbocycles. The van der Waals surface area contributed by atoms with Crippen molar-refractivity contribution in [2.75, 3.05) is 20.0 Å². The Labute approximate surface area is 126 Å². The van der Waals surface area contributed by atoms with E-state index in [9.17, 15) is 5.11 Å². The van der Waals surface area contributed by atoms with E-state index in [-0.39, 0.29) is 11.0 Å². The van der Waals surface area contributed by atoms with Crippen LogP contribution in [0.1, 0.15) is 44.4 Å². The molecule has 0 heterocycles. The van der Waals surface area contributed by atoms with Crippen molar-refractivity contribution in [3.63, 3.8) is 0 Å². The second-order valence-corrected chi connectivity index (χ2v) is 6.57. The van der Waals surface area contributed by atoms with Crippen LogP contribution < -0.4 is 9.47 Å². The first kappa shape index (κ1) is 17.0. The Morgan fingerprint density at radius 3 is 2.25 bits per heavy atom. The lowest BCUT2D eigenvalue weighted by atomic mass is 10.0. The summed E-state index contributed by atoms with van der Waals surface area (Å²) < 4.78 is 10.6. The Kier molecular flexibility index (Phi) is 7.06. The molecule has 0 spiro atoms. The van der Waals surface area contributed by atoms with Gasteiger partial charge in [0, 0.05) is 16.9 Å². The average molecular weight is 298 g/mol. The number of phenolic OH excluding ortho intramolecular Hbond substituents is 1. The Morgan fingerprint density at radius 2 is 1.75 bits per heavy atom. The summed E-state index contributed by atoms with van der Waals surface area (Å²) in [6.45, 7) is 6.59.